The van der Waals surface area contributed by atoms with Crippen molar-refractivity contribution in [2.75, 3.05) is 5.32 Å². The van der Waals surface area contributed by atoms with Gasteiger partial charge in [-0.25, -0.2) is 9.67 Å². The number of nitrogens with one attached hydrogen (secondary N) is 1. The average molecular weight is 323 g/mol. The summed E-state index contributed by atoms with van der Waals surface area (Å²) in [5.74, 6) is -0.817. The molecule has 2 amide bonds. The van der Waals surface area contributed by atoms with Crippen LogP contribution < -0.4 is 11.1 Å². The SMILES string of the molecule is CC(C)n1ncc2cc(NC(=O)c3ccc(C(N)=O)cc3)cnc21. The highest BCUT2D eigenvalue weighted by molar-refractivity contribution is 6.05. The first-order valence-corrected chi connectivity index (χ1v) is 7.50. The van der Waals surface area contributed by atoms with E-state index >= 15 is 0 Å². The minimum Gasteiger partial charge on any atom is -0.366 e. The highest BCUT2D eigenvalue weighted by Crippen LogP contribution is 2.19. The first kappa shape index (κ1) is 15.7. The molecule has 7 nitrogen and oxygen atoms in total. The van der Waals surface area contributed by atoms with Crippen LogP contribution in [0.1, 0.15) is 40.6 Å². The average Bonchev–Trinajstić information content (AvgIpc) is 2.98. The van der Waals surface area contributed by atoms with Gasteiger partial charge in [-0.2, -0.15) is 5.10 Å². The van der Waals surface area contributed by atoms with Crippen molar-refractivity contribution in [1.29, 1.82) is 0 Å². The Labute approximate surface area is 138 Å². The number of hydrogen-bond acceptors (Lipinski definition) is 4. The molecule has 0 saturated heterocycles. The third-order valence-electron chi connectivity index (χ3n) is 3.61. The largest absolute Gasteiger partial charge is 0.366 e. The van der Waals surface area contributed by atoms with Crippen molar-refractivity contribution >= 4 is 28.5 Å². The number of hydrogen-bond donors (Lipinski definition) is 2. The maximum Gasteiger partial charge on any atom is 0.255 e. The van der Waals surface area contributed by atoms with Gasteiger partial charge in [0.1, 0.15) is 0 Å². The van der Waals surface area contributed by atoms with Gasteiger partial charge >= 0.3 is 0 Å². The van der Waals surface area contributed by atoms with Gasteiger partial charge in [0.15, 0.2) is 5.65 Å². The number of pyridine rings is 1. The predicted octanol–water partition coefficient (Wildman–Crippen LogP) is 2.36. The van der Waals surface area contributed by atoms with E-state index in [0.717, 1.165) is 11.0 Å². The number of carbonyl (C=O) groups excluding carboxylic acids is 2. The maximum atomic E-state index is 12.3. The molecule has 3 rings (SSSR count). The molecule has 0 aliphatic carbocycles. The topological polar surface area (TPSA) is 103 Å². The van der Waals surface area contributed by atoms with E-state index < -0.39 is 5.91 Å². The quantitative estimate of drug-likeness (QED) is 0.769. The highest BCUT2D eigenvalue weighted by Gasteiger charge is 2.11. The van der Waals surface area contributed by atoms with Gasteiger partial charge < -0.3 is 11.1 Å². The Hall–Kier alpha value is -3.22. The van der Waals surface area contributed by atoms with Crippen LogP contribution in [0.15, 0.2) is 42.7 Å². The number of nitrogens with zero attached hydrogens (tertiary/aromatic N) is 3. The third kappa shape index (κ3) is 2.96. The summed E-state index contributed by atoms with van der Waals surface area (Å²) in [4.78, 5) is 27.7. The van der Waals surface area contributed by atoms with Gasteiger partial charge in [0.2, 0.25) is 5.91 Å². The van der Waals surface area contributed by atoms with Crippen molar-refractivity contribution in [1.82, 2.24) is 14.8 Å². The van der Waals surface area contributed by atoms with E-state index in [4.69, 9.17) is 5.73 Å². The molecule has 0 saturated carbocycles. The molecule has 2 aromatic heterocycles. The van der Waals surface area contributed by atoms with Crippen LogP contribution in [-0.2, 0) is 0 Å². The lowest BCUT2D eigenvalue weighted by Crippen LogP contribution is -2.14. The van der Waals surface area contributed by atoms with Crippen molar-refractivity contribution in [3.63, 3.8) is 0 Å². The van der Waals surface area contributed by atoms with Crippen molar-refractivity contribution in [2.45, 2.75) is 19.9 Å². The van der Waals surface area contributed by atoms with E-state index in [9.17, 15) is 9.59 Å². The number of carbonyl (C=O) groups is 2. The normalized spacial score (nSPS) is 11.0. The molecule has 2 heterocycles. The van der Waals surface area contributed by atoms with Gasteiger partial charge in [0, 0.05) is 22.6 Å². The van der Waals surface area contributed by atoms with E-state index in [1.54, 1.807) is 24.5 Å². The van der Waals surface area contributed by atoms with Crippen LogP contribution in [0.25, 0.3) is 11.0 Å². The predicted molar refractivity (Wildman–Crippen MR) is 90.8 cm³/mol. The molecule has 0 aliphatic rings. The second-order valence-electron chi connectivity index (χ2n) is 5.72. The number of rotatable bonds is 4. The molecule has 122 valence electrons. The van der Waals surface area contributed by atoms with Crippen LogP contribution in [0.3, 0.4) is 0 Å². The lowest BCUT2D eigenvalue weighted by atomic mass is 10.1. The second kappa shape index (κ2) is 6.11. The maximum absolute atomic E-state index is 12.3. The lowest BCUT2D eigenvalue weighted by Gasteiger charge is -2.08. The minimum atomic E-state index is -0.529. The zero-order valence-corrected chi connectivity index (χ0v) is 13.4. The van der Waals surface area contributed by atoms with Crippen molar-refractivity contribution in [2.24, 2.45) is 5.73 Å². The molecule has 3 aromatic rings. The molecule has 7 heteroatoms. The molecule has 0 aliphatic heterocycles. The van der Waals surface area contributed by atoms with Crippen LogP contribution >= 0.6 is 0 Å². The van der Waals surface area contributed by atoms with E-state index in [0.29, 0.717) is 16.8 Å². The Morgan fingerprint density at radius 2 is 1.79 bits per heavy atom. The van der Waals surface area contributed by atoms with Crippen molar-refractivity contribution in [3.8, 4) is 0 Å². The van der Waals surface area contributed by atoms with Gasteiger partial charge in [-0.05, 0) is 44.2 Å². The second-order valence-corrected chi connectivity index (χ2v) is 5.72. The van der Waals surface area contributed by atoms with Gasteiger partial charge in [-0.15, -0.1) is 0 Å². The summed E-state index contributed by atoms with van der Waals surface area (Å²) >= 11 is 0. The smallest absolute Gasteiger partial charge is 0.255 e. The Balaban J connectivity index is 1.81. The van der Waals surface area contributed by atoms with Crippen molar-refractivity contribution in [3.05, 3.63) is 53.9 Å². The monoisotopic (exact) mass is 323 g/mol. The summed E-state index contributed by atoms with van der Waals surface area (Å²) in [5, 5.41) is 7.93. The zero-order chi connectivity index (χ0) is 17.3. The third-order valence-corrected chi connectivity index (χ3v) is 3.61. The Morgan fingerprint density at radius 1 is 1.12 bits per heavy atom. The number of anilines is 1. The summed E-state index contributed by atoms with van der Waals surface area (Å²) in [7, 11) is 0. The Morgan fingerprint density at radius 3 is 2.42 bits per heavy atom. The molecule has 0 radical (unpaired) electrons. The number of aromatic nitrogens is 3. The summed E-state index contributed by atoms with van der Waals surface area (Å²) in [5.41, 5.74) is 7.32. The van der Waals surface area contributed by atoms with Crippen molar-refractivity contribution < 1.29 is 9.59 Å². The van der Waals surface area contributed by atoms with Crippen LogP contribution in [0.4, 0.5) is 5.69 Å². The van der Waals surface area contributed by atoms with Gasteiger partial charge in [-0.1, -0.05) is 0 Å². The fourth-order valence-electron chi connectivity index (χ4n) is 2.38. The molecule has 1 aromatic carbocycles. The van der Waals surface area contributed by atoms with Gasteiger partial charge in [0.05, 0.1) is 18.1 Å². The molecule has 0 atom stereocenters. The Kier molecular flexibility index (Phi) is 3.99. The first-order chi connectivity index (χ1) is 11.5. The molecule has 0 bridgehead atoms. The van der Waals surface area contributed by atoms with Crippen LogP contribution in [0.5, 0.6) is 0 Å². The molecule has 24 heavy (non-hydrogen) atoms. The van der Waals surface area contributed by atoms with E-state index in [1.165, 1.54) is 12.1 Å². The minimum absolute atomic E-state index is 0.208. The number of amides is 2. The molecule has 0 unspecified atom stereocenters. The number of fused-ring (bicyclic) bond motifs is 1. The summed E-state index contributed by atoms with van der Waals surface area (Å²) in [6.07, 6.45) is 3.32. The van der Waals surface area contributed by atoms with Gasteiger partial charge in [-0.3, -0.25) is 9.59 Å². The summed E-state index contributed by atoms with van der Waals surface area (Å²) < 4.78 is 1.82. The van der Waals surface area contributed by atoms with E-state index in [1.807, 2.05) is 24.6 Å². The molecule has 3 N–H and O–H groups in total. The lowest BCUT2D eigenvalue weighted by molar-refractivity contribution is 0.0995. The number of primary amides is 1. The van der Waals surface area contributed by atoms with E-state index in [-0.39, 0.29) is 11.9 Å². The van der Waals surface area contributed by atoms with E-state index in [2.05, 4.69) is 15.4 Å². The first-order valence-electron chi connectivity index (χ1n) is 7.50. The molecular weight excluding hydrogens is 306 g/mol. The van der Waals surface area contributed by atoms with Crippen LogP contribution in [-0.4, -0.2) is 26.6 Å². The fraction of sp³-hybridized carbons (Fsp3) is 0.176. The van der Waals surface area contributed by atoms with Crippen LogP contribution in [0.2, 0.25) is 0 Å². The number of benzene rings is 1. The highest BCUT2D eigenvalue weighted by atomic mass is 16.2. The van der Waals surface area contributed by atoms with Crippen LogP contribution in [0, 0.1) is 0 Å². The Bertz CT molecular complexity index is 912. The fourth-order valence-corrected chi connectivity index (χ4v) is 2.38. The standard InChI is InChI=1S/C17H17N5O2/c1-10(2)22-16-13(8-20-22)7-14(9-19-16)21-17(24)12-5-3-11(4-6-12)15(18)23/h3-10H,1-2H3,(H2,18,23)(H,21,24). The summed E-state index contributed by atoms with van der Waals surface area (Å²) in [6.45, 7) is 4.05. The zero-order valence-electron chi connectivity index (χ0n) is 13.4. The number of nitrogens with two attached hydrogens (primary N) is 1. The molecule has 0 fully saturated rings. The molecular formula is C17H17N5O2. The van der Waals surface area contributed by atoms with Gasteiger partial charge in [0.25, 0.3) is 5.91 Å². The summed E-state index contributed by atoms with van der Waals surface area (Å²) in [6, 6.07) is 8.18. The molecule has 0 spiro atoms.